The summed E-state index contributed by atoms with van der Waals surface area (Å²) in [6.45, 7) is 4.56. The second kappa shape index (κ2) is 7.74. The first kappa shape index (κ1) is 19.1. The minimum Gasteiger partial charge on any atom is -0.398 e. The fourth-order valence-electron chi connectivity index (χ4n) is 4.21. The van der Waals surface area contributed by atoms with Crippen LogP contribution in [0.5, 0.6) is 0 Å². The van der Waals surface area contributed by atoms with Crippen molar-refractivity contribution in [3.8, 4) is 0 Å². The lowest BCUT2D eigenvalue weighted by molar-refractivity contribution is -0.115. The Kier molecular flexibility index (Phi) is 4.92. The Morgan fingerprint density at radius 1 is 1.10 bits per heavy atom. The molecule has 2 aromatic carbocycles. The van der Waals surface area contributed by atoms with Crippen LogP contribution in [0.25, 0.3) is 15.8 Å². The van der Waals surface area contributed by atoms with Crippen molar-refractivity contribution in [2.75, 3.05) is 37.6 Å². The first-order valence-corrected chi connectivity index (χ1v) is 10.9. The van der Waals surface area contributed by atoms with E-state index in [1.54, 1.807) is 23.5 Å². The van der Waals surface area contributed by atoms with E-state index in [-0.39, 0.29) is 11.7 Å². The molecule has 5 nitrogen and oxygen atoms in total. The Balaban J connectivity index is 1.21. The predicted molar refractivity (Wildman–Crippen MR) is 120 cm³/mol. The van der Waals surface area contributed by atoms with E-state index in [1.165, 1.54) is 6.08 Å². The molecule has 2 N–H and O–H groups in total. The fourth-order valence-corrected chi connectivity index (χ4v) is 5.04. The third-order valence-electron chi connectivity index (χ3n) is 5.83. The van der Waals surface area contributed by atoms with Crippen LogP contribution in [0.2, 0.25) is 0 Å². The average molecular weight is 422 g/mol. The van der Waals surface area contributed by atoms with Gasteiger partial charge in [0.1, 0.15) is 5.82 Å². The highest BCUT2D eigenvalue weighted by atomic mass is 32.1. The summed E-state index contributed by atoms with van der Waals surface area (Å²) in [4.78, 5) is 16.3. The van der Waals surface area contributed by atoms with Crippen LogP contribution in [0, 0.1) is 5.82 Å². The van der Waals surface area contributed by atoms with Crippen molar-refractivity contribution in [2.24, 2.45) is 5.73 Å². The molecule has 153 valence electrons. The Labute approximate surface area is 178 Å². The van der Waals surface area contributed by atoms with E-state index >= 15 is 0 Å². The van der Waals surface area contributed by atoms with Gasteiger partial charge in [0.15, 0.2) is 0 Å². The highest BCUT2D eigenvalue weighted by molar-refractivity contribution is 7.17. The minimum absolute atomic E-state index is 0.172. The van der Waals surface area contributed by atoms with E-state index in [0.29, 0.717) is 11.4 Å². The molecule has 3 heterocycles. The number of hydrogen-bond donors (Lipinski definition) is 1. The molecule has 1 aromatic heterocycles. The molecule has 1 amide bonds. The van der Waals surface area contributed by atoms with Crippen molar-refractivity contribution in [3.63, 3.8) is 0 Å². The summed E-state index contributed by atoms with van der Waals surface area (Å²) in [6, 6.07) is 11.3. The fraction of sp³-hybridized carbons (Fsp3) is 0.261. The Morgan fingerprint density at radius 3 is 2.77 bits per heavy atom. The lowest BCUT2D eigenvalue weighted by atomic mass is 10.0. The number of amides is 1. The lowest BCUT2D eigenvalue weighted by Crippen LogP contribution is -2.47. The second-order valence-electron chi connectivity index (χ2n) is 7.74. The van der Waals surface area contributed by atoms with Crippen molar-refractivity contribution in [2.45, 2.75) is 6.42 Å². The molecule has 1 fully saturated rings. The standard InChI is InChI=1S/C23H22FN4OS/c24-16-12-21(18-4-10-30-22(18)13-16)28-8-6-27(7-9-28)5-3-15-1-2-17-19(25)14-23(29)26-20(17)11-15/h1-2,4,10-14H,3,5-9,25H2. The van der Waals surface area contributed by atoms with E-state index in [4.69, 9.17) is 5.73 Å². The Morgan fingerprint density at radius 2 is 1.93 bits per heavy atom. The molecule has 3 aromatic rings. The molecule has 30 heavy (non-hydrogen) atoms. The van der Waals surface area contributed by atoms with Crippen LogP contribution in [-0.4, -0.2) is 43.5 Å². The van der Waals surface area contributed by atoms with Crippen LogP contribution in [0.3, 0.4) is 0 Å². The smallest absolute Gasteiger partial charge is 0.272 e. The molecular formula is C23H22FN4OS. The summed E-state index contributed by atoms with van der Waals surface area (Å²) in [5.41, 5.74) is 10.0. The molecule has 2 aliphatic rings. The molecule has 0 aliphatic carbocycles. The van der Waals surface area contributed by atoms with Gasteiger partial charge < -0.3 is 10.6 Å². The van der Waals surface area contributed by atoms with E-state index in [9.17, 15) is 9.18 Å². The van der Waals surface area contributed by atoms with Gasteiger partial charge in [-0.05, 0) is 41.6 Å². The SMILES string of the molecule is NC1=CC(=O)[N]c2cc(CCN3CCN(c4cc(F)cc5sccc45)CC3)ccc21. The van der Waals surface area contributed by atoms with Crippen LogP contribution in [0.1, 0.15) is 11.1 Å². The number of carbonyl (C=O) groups is 1. The van der Waals surface area contributed by atoms with Gasteiger partial charge in [-0.1, -0.05) is 12.1 Å². The zero-order valence-corrected chi connectivity index (χ0v) is 17.3. The maximum Gasteiger partial charge on any atom is 0.272 e. The van der Waals surface area contributed by atoms with Crippen LogP contribution in [-0.2, 0) is 11.2 Å². The lowest BCUT2D eigenvalue weighted by Gasteiger charge is -2.36. The largest absolute Gasteiger partial charge is 0.398 e. The molecule has 2 aliphatic heterocycles. The molecular weight excluding hydrogens is 399 g/mol. The molecule has 7 heteroatoms. The number of carbonyl (C=O) groups excluding carboxylic acids is 1. The summed E-state index contributed by atoms with van der Waals surface area (Å²) in [7, 11) is 0. The van der Waals surface area contributed by atoms with Crippen LogP contribution < -0.4 is 16.0 Å². The Bertz CT molecular complexity index is 1150. The summed E-state index contributed by atoms with van der Waals surface area (Å²) >= 11 is 1.58. The predicted octanol–water partition coefficient (Wildman–Crippen LogP) is 3.48. The van der Waals surface area contributed by atoms with Crippen LogP contribution in [0.15, 0.2) is 47.9 Å². The van der Waals surface area contributed by atoms with Crippen molar-refractivity contribution in [3.05, 3.63) is 64.8 Å². The van der Waals surface area contributed by atoms with Crippen molar-refractivity contribution < 1.29 is 9.18 Å². The van der Waals surface area contributed by atoms with Gasteiger partial charge in [0.05, 0.1) is 5.69 Å². The normalized spacial score (nSPS) is 17.0. The number of fused-ring (bicyclic) bond motifs is 2. The van der Waals surface area contributed by atoms with Crippen molar-refractivity contribution in [1.29, 1.82) is 0 Å². The van der Waals surface area contributed by atoms with Crippen LogP contribution in [0.4, 0.5) is 15.8 Å². The third kappa shape index (κ3) is 3.66. The second-order valence-corrected chi connectivity index (χ2v) is 8.68. The van der Waals surface area contributed by atoms with Crippen LogP contribution >= 0.6 is 11.3 Å². The number of nitrogens with two attached hydrogens (primary N) is 1. The van der Waals surface area contributed by atoms with Gasteiger partial charge in [0, 0.05) is 65.8 Å². The molecule has 1 saturated heterocycles. The highest BCUT2D eigenvalue weighted by Crippen LogP contribution is 2.32. The van der Waals surface area contributed by atoms with E-state index in [2.05, 4.69) is 27.2 Å². The maximum atomic E-state index is 14.0. The van der Waals surface area contributed by atoms with Crippen molar-refractivity contribution in [1.82, 2.24) is 10.2 Å². The van der Waals surface area contributed by atoms with Gasteiger partial charge in [-0.2, -0.15) is 0 Å². The van der Waals surface area contributed by atoms with Gasteiger partial charge in [0.2, 0.25) is 0 Å². The molecule has 0 atom stereocenters. The molecule has 0 unspecified atom stereocenters. The highest BCUT2D eigenvalue weighted by Gasteiger charge is 2.21. The van der Waals surface area contributed by atoms with Gasteiger partial charge in [0.25, 0.3) is 5.91 Å². The summed E-state index contributed by atoms with van der Waals surface area (Å²) in [6.07, 6.45) is 2.25. The first-order valence-electron chi connectivity index (χ1n) is 10.1. The van der Waals surface area contributed by atoms with Gasteiger partial charge >= 0.3 is 0 Å². The average Bonchev–Trinajstić information content (AvgIpc) is 3.20. The van der Waals surface area contributed by atoms with E-state index < -0.39 is 0 Å². The number of rotatable bonds is 4. The number of nitrogens with zero attached hydrogens (tertiary/aromatic N) is 3. The maximum absolute atomic E-state index is 14.0. The molecule has 0 spiro atoms. The summed E-state index contributed by atoms with van der Waals surface area (Å²) in [5.74, 6) is -0.473. The minimum atomic E-state index is -0.301. The van der Waals surface area contributed by atoms with Crippen molar-refractivity contribution >= 4 is 44.4 Å². The number of thiophene rings is 1. The zero-order chi connectivity index (χ0) is 20.7. The topological polar surface area (TPSA) is 63.7 Å². The van der Waals surface area contributed by atoms with Gasteiger partial charge in [-0.15, -0.1) is 11.3 Å². The third-order valence-corrected chi connectivity index (χ3v) is 6.69. The Hall–Kier alpha value is -2.90. The van der Waals surface area contributed by atoms with E-state index in [1.807, 2.05) is 17.5 Å². The first-order chi connectivity index (χ1) is 14.6. The molecule has 0 bridgehead atoms. The number of anilines is 1. The number of halogens is 1. The monoisotopic (exact) mass is 421 g/mol. The molecule has 0 saturated carbocycles. The number of hydrogen-bond acceptors (Lipinski definition) is 5. The molecule has 5 rings (SSSR count). The number of benzene rings is 2. The zero-order valence-electron chi connectivity index (χ0n) is 16.5. The summed E-state index contributed by atoms with van der Waals surface area (Å²) in [5, 5.41) is 7.23. The molecule has 1 radical (unpaired) electrons. The van der Waals surface area contributed by atoms with Gasteiger partial charge in [-0.25, -0.2) is 9.71 Å². The van der Waals surface area contributed by atoms with E-state index in [0.717, 1.165) is 66.0 Å². The number of piperazine rings is 1. The quantitative estimate of drug-likeness (QED) is 0.701. The van der Waals surface area contributed by atoms with Gasteiger partial charge in [-0.3, -0.25) is 9.69 Å². The summed E-state index contributed by atoms with van der Waals surface area (Å²) < 4.78 is 15.0.